The molecular formula is C20H31N3O2. The van der Waals surface area contributed by atoms with Crippen LogP contribution in [-0.2, 0) is 4.79 Å². The average molecular weight is 345 g/mol. The molecule has 1 fully saturated rings. The van der Waals surface area contributed by atoms with Gasteiger partial charge in [0.05, 0.1) is 6.04 Å². The second-order valence-corrected chi connectivity index (χ2v) is 7.08. The third kappa shape index (κ3) is 6.40. The van der Waals surface area contributed by atoms with Gasteiger partial charge in [0, 0.05) is 26.1 Å². The van der Waals surface area contributed by atoms with E-state index in [9.17, 15) is 9.59 Å². The summed E-state index contributed by atoms with van der Waals surface area (Å²) in [6, 6.07) is 9.88. The molecule has 0 bridgehead atoms. The fraction of sp³-hybridized carbons (Fsp3) is 0.600. The number of nitrogens with zero attached hydrogens (tertiary/aromatic N) is 1. The molecule has 0 spiro atoms. The molecule has 0 radical (unpaired) electrons. The third-order valence-corrected chi connectivity index (χ3v) is 4.67. The molecule has 2 N–H and O–H groups in total. The summed E-state index contributed by atoms with van der Waals surface area (Å²) in [5.74, 6) is 0.564. The van der Waals surface area contributed by atoms with Crippen LogP contribution in [0.5, 0.6) is 0 Å². The van der Waals surface area contributed by atoms with Gasteiger partial charge in [-0.3, -0.25) is 4.79 Å². The highest BCUT2D eigenvalue weighted by Crippen LogP contribution is 2.21. The van der Waals surface area contributed by atoms with Crippen LogP contribution in [-0.4, -0.2) is 36.5 Å². The molecule has 1 heterocycles. The van der Waals surface area contributed by atoms with Crippen molar-refractivity contribution in [3.8, 4) is 0 Å². The second-order valence-electron chi connectivity index (χ2n) is 7.08. The van der Waals surface area contributed by atoms with E-state index in [2.05, 4.69) is 24.5 Å². The van der Waals surface area contributed by atoms with Gasteiger partial charge in [-0.1, -0.05) is 50.6 Å². The minimum Gasteiger partial charge on any atom is -0.343 e. The molecule has 1 aromatic rings. The lowest BCUT2D eigenvalue weighted by molar-refractivity contribution is -0.130. The molecule has 1 aliphatic heterocycles. The Balaban J connectivity index is 1.73. The van der Waals surface area contributed by atoms with Crippen molar-refractivity contribution in [2.75, 3.05) is 19.6 Å². The highest BCUT2D eigenvalue weighted by atomic mass is 16.2. The lowest BCUT2D eigenvalue weighted by atomic mass is 9.96. The van der Waals surface area contributed by atoms with E-state index in [1.54, 1.807) is 0 Å². The smallest absolute Gasteiger partial charge is 0.315 e. The number of urea groups is 1. The predicted molar refractivity (Wildman–Crippen MR) is 100 cm³/mol. The van der Waals surface area contributed by atoms with E-state index in [0.29, 0.717) is 18.9 Å². The zero-order chi connectivity index (χ0) is 18.1. The third-order valence-electron chi connectivity index (χ3n) is 4.67. The highest BCUT2D eigenvalue weighted by Gasteiger charge is 2.18. The van der Waals surface area contributed by atoms with Gasteiger partial charge >= 0.3 is 6.03 Å². The van der Waals surface area contributed by atoms with Crippen LogP contribution in [0.15, 0.2) is 30.3 Å². The summed E-state index contributed by atoms with van der Waals surface area (Å²) in [4.78, 5) is 26.1. The summed E-state index contributed by atoms with van der Waals surface area (Å²) >= 11 is 0. The van der Waals surface area contributed by atoms with Crippen molar-refractivity contribution in [2.24, 2.45) is 5.92 Å². The first kappa shape index (κ1) is 19.3. The predicted octanol–water partition coefficient (Wildman–Crippen LogP) is 3.48. The maximum atomic E-state index is 12.2. The minimum atomic E-state index is -0.148. The van der Waals surface area contributed by atoms with E-state index >= 15 is 0 Å². The zero-order valence-corrected chi connectivity index (χ0v) is 15.5. The van der Waals surface area contributed by atoms with Crippen molar-refractivity contribution in [1.29, 1.82) is 0 Å². The maximum absolute atomic E-state index is 12.2. The molecule has 5 nitrogen and oxygen atoms in total. The number of benzene rings is 1. The lowest BCUT2D eigenvalue weighted by Gasteiger charge is -2.23. The molecule has 5 heteroatoms. The molecule has 2 rings (SSSR count). The number of likely N-dealkylation sites (tertiary alicyclic amines) is 1. The van der Waals surface area contributed by atoms with E-state index in [1.165, 1.54) is 0 Å². The summed E-state index contributed by atoms with van der Waals surface area (Å²) in [5, 5.41) is 5.98. The molecular weight excluding hydrogens is 314 g/mol. The minimum absolute atomic E-state index is 0.00613. The Bertz CT molecular complexity index is 545. The summed E-state index contributed by atoms with van der Waals surface area (Å²) in [6.07, 6.45) is 4.69. The average Bonchev–Trinajstić information content (AvgIpc) is 2.81. The fourth-order valence-electron chi connectivity index (χ4n) is 3.23. The van der Waals surface area contributed by atoms with Crippen LogP contribution < -0.4 is 10.6 Å². The molecule has 138 valence electrons. The molecule has 1 saturated heterocycles. The normalized spacial score (nSPS) is 16.4. The van der Waals surface area contributed by atoms with E-state index in [1.807, 2.05) is 35.2 Å². The number of hydrogen-bond donors (Lipinski definition) is 2. The van der Waals surface area contributed by atoms with Crippen molar-refractivity contribution in [3.63, 3.8) is 0 Å². The molecule has 1 unspecified atom stereocenters. The van der Waals surface area contributed by atoms with E-state index in [0.717, 1.165) is 44.3 Å². The highest BCUT2D eigenvalue weighted by molar-refractivity contribution is 5.76. The molecule has 25 heavy (non-hydrogen) atoms. The van der Waals surface area contributed by atoms with Crippen molar-refractivity contribution >= 4 is 11.9 Å². The molecule has 0 aromatic heterocycles. The molecule has 0 aliphatic carbocycles. The number of amides is 3. The van der Waals surface area contributed by atoms with E-state index < -0.39 is 0 Å². The molecule has 3 amide bonds. The Hall–Kier alpha value is -2.04. The van der Waals surface area contributed by atoms with Crippen molar-refractivity contribution in [1.82, 2.24) is 15.5 Å². The maximum Gasteiger partial charge on any atom is 0.315 e. The quantitative estimate of drug-likeness (QED) is 0.743. The van der Waals surface area contributed by atoms with E-state index in [4.69, 9.17) is 0 Å². The van der Waals surface area contributed by atoms with Crippen LogP contribution >= 0.6 is 0 Å². The van der Waals surface area contributed by atoms with Gasteiger partial charge in [0.2, 0.25) is 5.91 Å². The van der Waals surface area contributed by atoms with Crippen LogP contribution in [0.4, 0.5) is 4.79 Å². The molecule has 0 saturated carbocycles. The summed E-state index contributed by atoms with van der Waals surface area (Å²) < 4.78 is 0. The first-order chi connectivity index (χ1) is 12.1. The zero-order valence-electron chi connectivity index (χ0n) is 15.5. The fourth-order valence-corrected chi connectivity index (χ4v) is 3.23. The SMILES string of the molecule is CC(C)C(NC(=O)NCCCN1CCCCCC1=O)c1ccccc1. The number of rotatable bonds is 7. The summed E-state index contributed by atoms with van der Waals surface area (Å²) in [7, 11) is 0. The Morgan fingerprint density at radius 1 is 1.16 bits per heavy atom. The lowest BCUT2D eigenvalue weighted by Crippen LogP contribution is -2.41. The van der Waals surface area contributed by atoms with Crippen LogP contribution in [0.1, 0.15) is 57.6 Å². The topological polar surface area (TPSA) is 61.4 Å². The summed E-state index contributed by atoms with van der Waals surface area (Å²) in [6.45, 7) is 6.36. The van der Waals surface area contributed by atoms with Gasteiger partial charge in [-0.15, -0.1) is 0 Å². The van der Waals surface area contributed by atoms with Crippen molar-refractivity contribution in [3.05, 3.63) is 35.9 Å². The number of nitrogens with one attached hydrogen (secondary N) is 2. The molecule has 1 aromatic carbocycles. The van der Waals surface area contributed by atoms with E-state index in [-0.39, 0.29) is 18.0 Å². The summed E-state index contributed by atoms with van der Waals surface area (Å²) in [5.41, 5.74) is 1.11. The first-order valence-electron chi connectivity index (χ1n) is 9.45. The Kier molecular flexibility index (Phi) is 7.76. The Labute approximate surface area is 151 Å². The van der Waals surface area contributed by atoms with Crippen LogP contribution in [0.25, 0.3) is 0 Å². The van der Waals surface area contributed by atoms with Crippen LogP contribution in [0, 0.1) is 5.92 Å². The van der Waals surface area contributed by atoms with Gasteiger partial charge in [-0.2, -0.15) is 0 Å². The standard InChI is InChI=1S/C20H31N3O2/c1-16(2)19(17-10-5-3-6-11-17)22-20(25)21-13-9-15-23-14-8-4-7-12-18(23)24/h3,5-6,10-11,16,19H,4,7-9,12-15H2,1-2H3,(H2,21,22,25). The monoisotopic (exact) mass is 345 g/mol. The first-order valence-corrected chi connectivity index (χ1v) is 9.45. The number of hydrogen-bond acceptors (Lipinski definition) is 2. The largest absolute Gasteiger partial charge is 0.343 e. The Morgan fingerprint density at radius 3 is 2.64 bits per heavy atom. The molecule has 1 atom stereocenters. The van der Waals surface area contributed by atoms with Crippen LogP contribution in [0.2, 0.25) is 0 Å². The van der Waals surface area contributed by atoms with Gasteiger partial charge in [-0.05, 0) is 30.7 Å². The van der Waals surface area contributed by atoms with Crippen molar-refractivity contribution < 1.29 is 9.59 Å². The van der Waals surface area contributed by atoms with Gasteiger partial charge in [-0.25, -0.2) is 4.79 Å². The van der Waals surface area contributed by atoms with Crippen LogP contribution in [0.3, 0.4) is 0 Å². The Morgan fingerprint density at radius 2 is 1.92 bits per heavy atom. The van der Waals surface area contributed by atoms with Gasteiger partial charge in [0.15, 0.2) is 0 Å². The number of carbonyl (C=O) groups excluding carboxylic acids is 2. The second kappa shape index (κ2) is 10.1. The number of carbonyl (C=O) groups is 2. The molecule has 1 aliphatic rings. The van der Waals surface area contributed by atoms with Gasteiger partial charge in [0.25, 0.3) is 0 Å². The van der Waals surface area contributed by atoms with Gasteiger partial charge < -0.3 is 15.5 Å². The van der Waals surface area contributed by atoms with Gasteiger partial charge in [0.1, 0.15) is 0 Å². The van der Waals surface area contributed by atoms with Crippen molar-refractivity contribution in [2.45, 2.75) is 52.0 Å².